The average molecular weight is 624 g/mol. The summed E-state index contributed by atoms with van der Waals surface area (Å²) in [5.41, 5.74) is 0. The van der Waals surface area contributed by atoms with Crippen molar-refractivity contribution >= 4 is 5.97 Å². The lowest BCUT2D eigenvalue weighted by atomic mass is 10.1. The van der Waals surface area contributed by atoms with Gasteiger partial charge in [-0.15, -0.1) is 0 Å². The molecule has 0 aliphatic rings. The smallest absolute Gasteiger partial charge is 0.305 e. The van der Waals surface area contributed by atoms with Crippen LogP contribution in [0.25, 0.3) is 0 Å². The molecule has 1 N–H and O–H groups in total. The molecule has 6 heteroatoms. The van der Waals surface area contributed by atoms with Gasteiger partial charge in [0.15, 0.2) is 6.29 Å². The number of hydrogen-bond acceptors (Lipinski definition) is 6. The molecule has 0 radical (unpaired) electrons. The first-order valence-corrected chi connectivity index (χ1v) is 18.7. The van der Waals surface area contributed by atoms with Crippen LogP contribution < -0.4 is 0 Å². The zero-order valence-corrected chi connectivity index (χ0v) is 29.4. The number of carbonyl (C=O) groups excluding carboxylic acids is 1. The molecule has 0 saturated heterocycles. The molecule has 0 saturated carbocycles. The fraction of sp³-hybridized carbons (Fsp3) is 0.868. The van der Waals surface area contributed by atoms with E-state index in [0.29, 0.717) is 32.7 Å². The molecule has 0 rings (SSSR count). The van der Waals surface area contributed by atoms with E-state index < -0.39 is 0 Å². The molecule has 0 unspecified atom stereocenters. The first-order chi connectivity index (χ1) is 21.7. The highest BCUT2D eigenvalue weighted by atomic mass is 16.7. The number of nitrogens with zero attached hydrogens (tertiary/aromatic N) is 1. The molecular weight excluding hydrogens is 550 g/mol. The predicted molar refractivity (Wildman–Crippen MR) is 187 cm³/mol. The van der Waals surface area contributed by atoms with Crippen molar-refractivity contribution in [3.05, 3.63) is 24.3 Å². The molecule has 0 aliphatic heterocycles. The van der Waals surface area contributed by atoms with E-state index in [9.17, 15) is 9.90 Å². The van der Waals surface area contributed by atoms with E-state index in [1.165, 1.54) is 44.9 Å². The van der Waals surface area contributed by atoms with Crippen LogP contribution in [0.15, 0.2) is 24.3 Å². The molecule has 6 nitrogen and oxygen atoms in total. The Morgan fingerprint density at radius 3 is 1.66 bits per heavy atom. The van der Waals surface area contributed by atoms with Crippen LogP contribution in [0, 0.1) is 0 Å². The quantitative estimate of drug-likeness (QED) is 0.0328. The third-order valence-electron chi connectivity index (χ3n) is 7.87. The van der Waals surface area contributed by atoms with Crippen LogP contribution in [-0.4, -0.2) is 68.3 Å². The van der Waals surface area contributed by atoms with Crippen molar-refractivity contribution in [3.63, 3.8) is 0 Å². The van der Waals surface area contributed by atoms with Crippen LogP contribution in [0.4, 0.5) is 0 Å². The molecule has 0 bridgehead atoms. The van der Waals surface area contributed by atoms with Crippen LogP contribution in [0.2, 0.25) is 0 Å². The number of hydrogen-bond donors (Lipinski definition) is 1. The molecule has 0 aromatic rings. The van der Waals surface area contributed by atoms with Crippen LogP contribution in [0.1, 0.15) is 162 Å². The Bertz CT molecular complexity index is 615. The van der Waals surface area contributed by atoms with Gasteiger partial charge >= 0.3 is 5.97 Å². The van der Waals surface area contributed by atoms with E-state index in [4.69, 9.17) is 14.2 Å². The van der Waals surface area contributed by atoms with Crippen molar-refractivity contribution in [1.82, 2.24) is 4.90 Å². The van der Waals surface area contributed by atoms with Crippen LogP contribution in [0.5, 0.6) is 0 Å². The molecule has 0 amide bonds. The Morgan fingerprint density at radius 1 is 0.614 bits per heavy atom. The Balaban J connectivity index is 4.13. The number of rotatable bonds is 35. The van der Waals surface area contributed by atoms with Crippen molar-refractivity contribution in [2.24, 2.45) is 0 Å². The lowest BCUT2D eigenvalue weighted by Gasteiger charge is -2.22. The summed E-state index contributed by atoms with van der Waals surface area (Å²) < 4.78 is 17.6. The van der Waals surface area contributed by atoms with Crippen LogP contribution in [-0.2, 0) is 19.0 Å². The van der Waals surface area contributed by atoms with Gasteiger partial charge in [0.25, 0.3) is 0 Å². The molecule has 0 heterocycles. The van der Waals surface area contributed by atoms with E-state index in [2.05, 4.69) is 50.0 Å². The van der Waals surface area contributed by atoms with E-state index >= 15 is 0 Å². The molecule has 0 aromatic heterocycles. The van der Waals surface area contributed by atoms with E-state index in [1.807, 2.05) is 0 Å². The molecule has 0 atom stereocenters. The maximum absolute atomic E-state index is 12.4. The number of aliphatic hydroxyl groups is 1. The molecule has 0 spiro atoms. The van der Waals surface area contributed by atoms with Gasteiger partial charge in [0.05, 0.1) is 13.0 Å². The maximum atomic E-state index is 12.4. The highest BCUT2D eigenvalue weighted by molar-refractivity contribution is 5.69. The number of esters is 1. The fourth-order valence-electron chi connectivity index (χ4n) is 5.15. The lowest BCUT2D eigenvalue weighted by molar-refractivity contribution is -0.159. The number of carbonyl (C=O) groups is 1. The second kappa shape index (κ2) is 36.3. The summed E-state index contributed by atoms with van der Waals surface area (Å²) in [7, 11) is 0. The van der Waals surface area contributed by atoms with Gasteiger partial charge in [-0.3, -0.25) is 4.79 Å². The van der Waals surface area contributed by atoms with Crippen molar-refractivity contribution in [2.75, 3.05) is 46.1 Å². The van der Waals surface area contributed by atoms with Crippen molar-refractivity contribution in [1.29, 1.82) is 0 Å². The SMILES string of the molecule is CC/C=C\CCCCOC(CCC(=O)OCCCCCCN(CCCO)CCCCCCCCC)OCCCC/C=C\CC. The minimum atomic E-state index is -0.338. The molecule has 260 valence electrons. The summed E-state index contributed by atoms with van der Waals surface area (Å²) in [5, 5.41) is 9.27. The third-order valence-corrected chi connectivity index (χ3v) is 7.87. The largest absolute Gasteiger partial charge is 0.466 e. The van der Waals surface area contributed by atoms with Crippen LogP contribution in [0.3, 0.4) is 0 Å². The van der Waals surface area contributed by atoms with Crippen molar-refractivity contribution in [3.8, 4) is 0 Å². The van der Waals surface area contributed by atoms with Crippen molar-refractivity contribution in [2.45, 2.75) is 168 Å². The number of unbranched alkanes of at least 4 members (excludes halogenated alkanes) is 13. The summed E-state index contributed by atoms with van der Waals surface area (Å²) >= 11 is 0. The Hall–Kier alpha value is -1.21. The highest BCUT2D eigenvalue weighted by Crippen LogP contribution is 2.12. The van der Waals surface area contributed by atoms with E-state index in [1.54, 1.807) is 0 Å². The summed E-state index contributed by atoms with van der Waals surface area (Å²) in [6, 6.07) is 0. The second-order valence-electron chi connectivity index (χ2n) is 12.1. The molecule has 0 fully saturated rings. The third kappa shape index (κ3) is 32.2. The standard InChI is InChI=1S/C38H73NO5/c1-4-7-10-13-16-17-22-30-39(32-27-33-40)31-23-18-21-24-34-42-37(41)28-29-38(43-35-25-19-14-11-8-5-2)44-36-26-20-15-12-9-6-3/h8-9,11-12,38,40H,4-7,10,13-36H2,1-3H3/b11-8-,12-9-. The Labute approximate surface area is 273 Å². The number of aliphatic hydroxyl groups excluding tert-OH is 1. The maximum Gasteiger partial charge on any atom is 0.305 e. The Morgan fingerprint density at radius 2 is 1.11 bits per heavy atom. The highest BCUT2D eigenvalue weighted by Gasteiger charge is 2.13. The number of allylic oxidation sites excluding steroid dienone is 4. The van der Waals surface area contributed by atoms with E-state index in [0.717, 1.165) is 103 Å². The predicted octanol–water partition coefficient (Wildman–Crippen LogP) is 9.94. The van der Waals surface area contributed by atoms with Crippen LogP contribution >= 0.6 is 0 Å². The lowest BCUT2D eigenvalue weighted by Crippen LogP contribution is -2.28. The van der Waals surface area contributed by atoms with E-state index in [-0.39, 0.29) is 18.9 Å². The molecule has 0 aromatic carbocycles. The minimum absolute atomic E-state index is 0.151. The van der Waals surface area contributed by atoms with Gasteiger partial charge in [0, 0.05) is 32.8 Å². The van der Waals surface area contributed by atoms with Gasteiger partial charge in [-0.25, -0.2) is 0 Å². The van der Waals surface area contributed by atoms with Crippen molar-refractivity contribution < 1.29 is 24.1 Å². The Kier molecular flexibility index (Phi) is 35.3. The topological polar surface area (TPSA) is 68.2 Å². The van der Waals surface area contributed by atoms with Gasteiger partial charge < -0.3 is 24.2 Å². The zero-order chi connectivity index (χ0) is 32.2. The first-order valence-electron chi connectivity index (χ1n) is 18.7. The number of ether oxygens (including phenoxy) is 3. The fourth-order valence-corrected chi connectivity index (χ4v) is 5.15. The van der Waals surface area contributed by atoms with Gasteiger partial charge in [-0.05, 0) is 90.1 Å². The second-order valence-corrected chi connectivity index (χ2v) is 12.1. The summed E-state index contributed by atoms with van der Waals surface area (Å²) in [6.07, 6.45) is 32.5. The van der Waals surface area contributed by atoms with Gasteiger partial charge in [-0.1, -0.05) is 96.4 Å². The summed E-state index contributed by atoms with van der Waals surface area (Å²) in [4.78, 5) is 14.9. The average Bonchev–Trinajstić information content (AvgIpc) is 3.03. The van der Waals surface area contributed by atoms with Gasteiger partial charge in [-0.2, -0.15) is 0 Å². The minimum Gasteiger partial charge on any atom is -0.466 e. The molecular formula is C38H73NO5. The first kappa shape index (κ1) is 42.8. The van der Waals surface area contributed by atoms with Gasteiger partial charge in [0.2, 0.25) is 0 Å². The monoisotopic (exact) mass is 624 g/mol. The normalized spacial score (nSPS) is 12.0. The zero-order valence-electron chi connectivity index (χ0n) is 29.4. The summed E-state index contributed by atoms with van der Waals surface area (Å²) in [5.74, 6) is -0.151. The molecule has 44 heavy (non-hydrogen) atoms. The summed E-state index contributed by atoms with van der Waals surface area (Å²) in [6.45, 7) is 11.9. The van der Waals surface area contributed by atoms with Gasteiger partial charge in [0.1, 0.15) is 0 Å². The molecule has 0 aliphatic carbocycles.